The van der Waals surface area contributed by atoms with Crippen LogP contribution in [0.2, 0.25) is 0 Å². The summed E-state index contributed by atoms with van der Waals surface area (Å²) in [6.45, 7) is 5.52. The average molecular weight is 494 g/mol. The number of carbonyl (C=O) groups is 2. The highest BCUT2D eigenvalue weighted by atomic mass is 16.2. The number of amides is 2. The molecule has 3 aromatic carbocycles. The van der Waals surface area contributed by atoms with Gasteiger partial charge in [-0.2, -0.15) is 5.26 Å². The van der Waals surface area contributed by atoms with Crippen molar-refractivity contribution >= 4 is 17.5 Å². The molecule has 190 valence electrons. The fraction of sp³-hybridized carbons (Fsp3) is 0.344. The van der Waals surface area contributed by atoms with E-state index in [4.69, 9.17) is 5.26 Å². The monoisotopic (exact) mass is 493 g/mol. The number of carbonyl (C=O) groups excluding carboxylic acids is 2. The molecule has 5 heteroatoms. The van der Waals surface area contributed by atoms with Crippen LogP contribution in [0.25, 0.3) is 0 Å². The Hall–Kier alpha value is -3.91. The molecule has 0 saturated carbocycles. The van der Waals surface area contributed by atoms with Gasteiger partial charge in [0.05, 0.1) is 11.6 Å². The number of benzene rings is 3. The van der Waals surface area contributed by atoms with Crippen LogP contribution in [-0.2, 0) is 4.79 Å². The largest absolute Gasteiger partial charge is 0.339 e. The number of anilines is 1. The molecule has 2 amide bonds. The van der Waals surface area contributed by atoms with Gasteiger partial charge in [-0.25, -0.2) is 0 Å². The van der Waals surface area contributed by atoms with Crippen LogP contribution in [0, 0.1) is 18.3 Å². The van der Waals surface area contributed by atoms with E-state index in [-0.39, 0.29) is 11.8 Å². The highest BCUT2D eigenvalue weighted by molar-refractivity contribution is 5.98. The summed E-state index contributed by atoms with van der Waals surface area (Å²) in [4.78, 5) is 27.8. The maximum Gasteiger partial charge on any atom is 0.254 e. The lowest BCUT2D eigenvalue weighted by Gasteiger charge is -2.32. The molecular formula is C32H35N3O2. The molecule has 1 N–H and O–H groups in total. The molecule has 4 rings (SSSR count). The lowest BCUT2D eigenvalue weighted by Crippen LogP contribution is -2.38. The molecule has 1 atom stereocenters. The highest BCUT2D eigenvalue weighted by Crippen LogP contribution is 2.29. The lowest BCUT2D eigenvalue weighted by molar-refractivity contribution is -0.116. The molecule has 1 saturated heterocycles. The summed E-state index contributed by atoms with van der Waals surface area (Å²) in [5, 5.41) is 12.0. The van der Waals surface area contributed by atoms with Crippen molar-refractivity contribution in [3.05, 3.63) is 101 Å². The summed E-state index contributed by atoms with van der Waals surface area (Å²) < 4.78 is 0. The summed E-state index contributed by atoms with van der Waals surface area (Å²) in [6.07, 6.45) is 4.02. The van der Waals surface area contributed by atoms with Crippen molar-refractivity contribution in [2.45, 2.75) is 57.8 Å². The number of aryl methyl sites for hydroxylation is 1. The molecule has 0 spiro atoms. The summed E-state index contributed by atoms with van der Waals surface area (Å²) in [5.74, 6) is 0.807. The molecule has 37 heavy (non-hydrogen) atoms. The number of rotatable bonds is 8. The standard InChI is InChI=1S/C32H35N3O2/c1-23(26-8-4-3-5-9-26)7-6-10-31(36)34-29-16-11-24(2)30(21-29)32(37)35-19-17-28(18-20-35)27-14-12-25(22-33)13-15-27/h3-5,8-9,11-16,21,23,28H,6-7,10,17-20H2,1-2H3,(H,34,36). The molecule has 1 aliphatic heterocycles. The van der Waals surface area contributed by atoms with E-state index in [0.717, 1.165) is 31.2 Å². The molecule has 1 heterocycles. The number of hydrogen-bond donors (Lipinski definition) is 1. The Kier molecular flexibility index (Phi) is 8.74. The first-order chi connectivity index (χ1) is 17.9. The van der Waals surface area contributed by atoms with Crippen LogP contribution in [0.3, 0.4) is 0 Å². The van der Waals surface area contributed by atoms with E-state index in [0.29, 0.717) is 48.2 Å². The van der Waals surface area contributed by atoms with Crippen molar-refractivity contribution < 1.29 is 9.59 Å². The fourth-order valence-electron chi connectivity index (χ4n) is 5.09. The van der Waals surface area contributed by atoms with Crippen LogP contribution in [-0.4, -0.2) is 29.8 Å². The van der Waals surface area contributed by atoms with E-state index in [1.54, 1.807) is 0 Å². The van der Waals surface area contributed by atoms with Gasteiger partial charge in [-0.05, 0) is 85.4 Å². The molecule has 0 radical (unpaired) electrons. The molecule has 0 aromatic heterocycles. The fourth-order valence-corrected chi connectivity index (χ4v) is 5.09. The van der Waals surface area contributed by atoms with Gasteiger partial charge in [-0.1, -0.05) is 55.5 Å². The highest BCUT2D eigenvalue weighted by Gasteiger charge is 2.25. The van der Waals surface area contributed by atoms with Gasteiger partial charge in [0.15, 0.2) is 0 Å². The van der Waals surface area contributed by atoms with Gasteiger partial charge < -0.3 is 10.2 Å². The third-order valence-electron chi connectivity index (χ3n) is 7.45. The van der Waals surface area contributed by atoms with Crippen LogP contribution in [0.1, 0.15) is 83.5 Å². The van der Waals surface area contributed by atoms with Gasteiger partial charge in [0.2, 0.25) is 5.91 Å². The van der Waals surface area contributed by atoms with Crippen LogP contribution in [0.5, 0.6) is 0 Å². The predicted molar refractivity (Wildman–Crippen MR) is 148 cm³/mol. The minimum Gasteiger partial charge on any atom is -0.339 e. The molecule has 1 aliphatic rings. The summed E-state index contributed by atoms with van der Waals surface area (Å²) in [6, 6.07) is 25.9. The number of nitrogens with zero attached hydrogens (tertiary/aromatic N) is 2. The number of nitrogens with one attached hydrogen (secondary N) is 1. The molecule has 0 bridgehead atoms. The van der Waals surface area contributed by atoms with Crippen LogP contribution in [0.15, 0.2) is 72.8 Å². The molecule has 5 nitrogen and oxygen atoms in total. The zero-order chi connectivity index (χ0) is 26.2. The van der Waals surface area contributed by atoms with Gasteiger partial charge >= 0.3 is 0 Å². The van der Waals surface area contributed by atoms with Gasteiger partial charge in [0, 0.05) is 30.8 Å². The van der Waals surface area contributed by atoms with Crippen molar-refractivity contribution in [3.63, 3.8) is 0 Å². The molecule has 3 aromatic rings. The molecule has 1 fully saturated rings. The molecule has 1 unspecified atom stereocenters. The van der Waals surface area contributed by atoms with Crippen LogP contribution >= 0.6 is 0 Å². The summed E-state index contributed by atoms with van der Waals surface area (Å²) in [5.41, 5.74) is 5.42. The maximum absolute atomic E-state index is 13.3. The second-order valence-electron chi connectivity index (χ2n) is 10.1. The predicted octanol–water partition coefficient (Wildman–Crippen LogP) is 6.80. The molecular weight excluding hydrogens is 458 g/mol. The van der Waals surface area contributed by atoms with E-state index in [1.165, 1.54) is 11.1 Å². The minimum atomic E-state index is -0.0225. The zero-order valence-electron chi connectivity index (χ0n) is 21.7. The lowest BCUT2D eigenvalue weighted by atomic mass is 9.88. The second kappa shape index (κ2) is 12.4. The van der Waals surface area contributed by atoms with Crippen LogP contribution in [0.4, 0.5) is 5.69 Å². The first-order valence-electron chi connectivity index (χ1n) is 13.2. The SMILES string of the molecule is Cc1ccc(NC(=O)CCCC(C)c2ccccc2)cc1C(=O)N1CCC(c2ccc(C#N)cc2)CC1. The van der Waals surface area contributed by atoms with E-state index in [2.05, 4.69) is 30.4 Å². The Bertz CT molecular complexity index is 1250. The summed E-state index contributed by atoms with van der Waals surface area (Å²) in [7, 11) is 0. The van der Waals surface area contributed by atoms with Crippen molar-refractivity contribution in [2.75, 3.05) is 18.4 Å². The number of nitriles is 1. The second-order valence-corrected chi connectivity index (χ2v) is 10.1. The maximum atomic E-state index is 13.3. The first-order valence-corrected chi connectivity index (χ1v) is 13.2. The van der Waals surface area contributed by atoms with E-state index >= 15 is 0 Å². The van der Waals surface area contributed by atoms with E-state index in [9.17, 15) is 9.59 Å². The number of likely N-dealkylation sites (tertiary alicyclic amines) is 1. The Morgan fingerprint density at radius 2 is 1.73 bits per heavy atom. The van der Waals surface area contributed by atoms with Crippen molar-refractivity contribution in [2.24, 2.45) is 0 Å². The minimum absolute atomic E-state index is 0.0172. The normalized spacial score (nSPS) is 14.6. The van der Waals surface area contributed by atoms with E-state index < -0.39 is 0 Å². The quantitative estimate of drug-likeness (QED) is 0.375. The average Bonchev–Trinajstić information content (AvgIpc) is 2.94. The molecule has 0 aliphatic carbocycles. The van der Waals surface area contributed by atoms with Gasteiger partial charge in [-0.3, -0.25) is 9.59 Å². The van der Waals surface area contributed by atoms with Gasteiger partial charge in [0.25, 0.3) is 5.91 Å². The summed E-state index contributed by atoms with van der Waals surface area (Å²) >= 11 is 0. The van der Waals surface area contributed by atoms with Gasteiger partial charge in [-0.15, -0.1) is 0 Å². The number of piperidine rings is 1. The van der Waals surface area contributed by atoms with E-state index in [1.807, 2.05) is 72.5 Å². The van der Waals surface area contributed by atoms with Crippen LogP contribution < -0.4 is 5.32 Å². The van der Waals surface area contributed by atoms with Crippen molar-refractivity contribution in [1.29, 1.82) is 5.26 Å². The Morgan fingerprint density at radius 1 is 1.03 bits per heavy atom. The first kappa shape index (κ1) is 26.2. The Morgan fingerprint density at radius 3 is 2.41 bits per heavy atom. The van der Waals surface area contributed by atoms with Crippen molar-refractivity contribution in [3.8, 4) is 6.07 Å². The smallest absolute Gasteiger partial charge is 0.254 e. The Balaban J connectivity index is 1.29. The third kappa shape index (κ3) is 6.86. The topological polar surface area (TPSA) is 73.2 Å². The zero-order valence-corrected chi connectivity index (χ0v) is 21.7. The number of hydrogen-bond acceptors (Lipinski definition) is 3. The third-order valence-corrected chi connectivity index (χ3v) is 7.45. The van der Waals surface area contributed by atoms with Crippen molar-refractivity contribution in [1.82, 2.24) is 4.90 Å². The van der Waals surface area contributed by atoms with Gasteiger partial charge in [0.1, 0.15) is 0 Å². The Labute approximate surface area is 220 Å².